The van der Waals surface area contributed by atoms with Gasteiger partial charge in [0.25, 0.3) is 5.91 Å². The molecule has 150 valence electrons. The second-order valence-corrected chi connectivity index (χ2v) is 6.58. The number of aromatic nitrogens is 2. The van der Waals surface area contributed by atoms with Gasteiger partial charge in [-0.2, -0.15) is 5.10 Å². The number of nitrogens with one attached hydrogen (secondary N) is 2. The fourth-order valence-electron chi connectivity index (χ4n) is 2.98. The highest BCUT2D eigenvalue weighted by atomic mass is 16.3. The molecule has 0 radical (unpaired) electrons. The average molecular weight is 400 g/mol. The van der Waals surface area contributed by atoms with Gasteiger partial charge < -0.3 is 15.1 Å². The number of carbonyl (C=O) groups is 2. The third kappa shape index (κ3) is 4.47. The van der Waals surface area contributed by atoms with E-state index in [4.69, 9.17) is 4.42 Å². The lowest BCUT2D eigenvalue weighted by Gasteiger charge is -2.06. The van der Waals surface area contributed by atoms with Gasteiger partial charge in [0.05, 0.1) is 30.6 Å². The summed E-state index contributed by atoms with van der Waals surface area (Å²) in [7, 11) is 0. The first-order chi connectivity index (χ1) is 14.7. The summed E-state index contributed by atoms with van der Waals surface area (Å²) in [6, 6.07) is 22.5. The molecule has 30 heavy (non-hydrogen) atoms. The normalized spacial score (nSPS) is 10.5. The van der Waals surface area contributed by atoms with Crippen LogP contribution >= 0.6 is 0 Å². The Morgan fingerprint density at radius 1 is 0.900 bits per heavy atom. The maximum atomic E-state index is 12.9. The van der Waals surface area contributed by atoms with E-state index in [1.807, 2.05) is 60.7 Å². The second-order valence-electron chi connectivity index (χ2n) is 6.58. The summed E-state index contributed by atoms with van der Waals surface area (Å²) in [5.41, 5.74) is 2.60. The number of nitrogens with zero attached hydrogens (tertiary/aromatic N) is 2. The topological polar surface area (TPSA) is 89.2 Å². The third-order valence-electron chi connectivity index (χ3n) is 4.48. The summed E-state index contributed by atoms with van der Waals surface area (Å²) in [6.07, 6.45) is 3.21. The predicted molar refractivity (Wildman–Crippen MR) is 112 cm³/mol. The van der Waals surface area contributed by atoms with Crippen LogP contribution in [-0.2, 0) is 11.3 Å². The van der Waals surface area contributed by atoms with Gasteiger partial charge in [-0.15, -0.1) is 0 Å². The monoisotopic (exact) mass is 400 g/mol. The molecule has 4 aromatic rings. The number of benzene rings is 2. The zero-order valence-corrected chi connectivity index (χ0v) is 16.1. The van der Waals surface area contributed by atoms with E-state index in [9.17, 15) is 9.59 Å². The second kappa shape index (κ2) is 8.91. The van der Waals surface area contributed by atoms with E-state index >= 15 is 0 Å². The number of amides is 2. The van der Waals surface area contributed by atoms with E-state index in [1.165, 1.54) is 0 Å². The van der Waals surface area contributed by atoms with Gasteiger partial charge >= 0.3 is 0 Å². The Labute approximate surface area is 173 Å². The summed E-state index contributed by atoms with van der Waals surface area (Å²) in [5, 5.41) is 9.98. The molecule has 0 spiro atoms. The summed E-state index contributed by atoms with van der Waals surface area (Å²) < 4.78 is 6.84. The van der Waals surface area contributed by atoms with Crippen molar-refractivity contribution in [3.8, 4) is 16.9 Å². The Hall–Kier alpha value is -4.13. The molecule has 0 unspecified atom stereocenters. The Balaban J connectivity index is 1.50. The first kappa shape index (κ1) is 19.2. The molecule has 7 nitrogen and oxygen atoms in total. The van der Waals surface area contributed by atoms with Crippen molar-refractivity contribution in [1.82, 2.24) is 20.4 Å². The predicted octanol–water partition coefficient (Wildman–Crippen LogP) is 3.18. The number of hydrogen-bond donors (Lipinski definition) is 2. The molecule has 0 aliphatic heterocycles. The molecule has 2 aromatic heterocycles. The van der Waals surface area contributed by atoms with Crippen LogP contribution in [0.25, 0.3) is 16.9 Å². The molecule has 2 aromatic carbocycles. The van der Waals surface area contributed by atoms with E-state index in [-0.39, 0.29) is 24.9 Å². The Kier molecular flexibility index (Phi) is 5.70. The van der Waals surface area contributed by atoms with Gasteiger partial charge in [0.15, 0.2) is 0 Å². The van der Waals surface area contributed by atoms with Crippen molar-refractivity contribution >= 4 is 11.8 Å². The summed E-state index contributed by atoms with van der Waals surface area (Å²) >= 11 is 0. The molecule has 0 saturated carbocycles. The molecule has 0 aliphatic carbocycles. The van der Waals surface area contributed by atoms with Gasteiger partial charge in [-0.25, -0.2) is 4.68 Å². The molecule has 2 heterocycles. The summed E-state index contributed by atoms with van der Waals surface area (Å²) in [6.45, 7) is 0.118. The molecule has 4 rings (SSSR count). The summed E-state index contributed by atoms with van der Waals surface area (Å²) in [4.78, 5) is 24.9. The van der Waals surface area contributed by atoms with E-state index < -0.39 is 0 Å². The highest BCUT2D eigenvalue weighted by molar-refractivity contribution is 6.01. The number of hydrogen-bond acceptors (Lipinski definition) is 4. The zero-order chi connectivity index (χ0) is 20.8. The van der Waals surface area contributed by atoms with Crippen LogP contribution in [-0.4, -0.2) is 28.1 Å². The van der Waals surface area contributed by atoms with Crippen LogP contribution in [0.4, 0.5) is 0 Å². The first-order valence-electron chi connectivity index (χ1n) is 9.48. The fraction of sp³-hybridized carbons (Fsp3) is 0.0870. The smallest absolute Gasteiger partial charge is 0.255 e. The van der Waals surface area contributed by atoms with Crippen LogP contribution in [0.1, 0.15) is 16.1 Å². The van der Waals surface area contributed by atoms with Gasteiger partial charge in [-0.3, -0.25) is 9.59 Å². The van der Waals surface area contributed by atoms with E-state index in [1.54, 1.807) is 29.3 Å². The van der Waals surface area contributed by atoms with Crippen molar-refractivity contribution in [2.45, 2.75) is 6.54 Å². The van der Waals surface area contributed by atoms with Gasteiger partial charge in [0.1, 0.15) is 11.5 Å². The quantitative estimate of drug-likeness (QED) is 0.499. The van der Waals surface area contributed by atoms with Crippen LogP contribution in [0.3, 0.4) is 0 Å². The minimum atomic E-state index is -0.371. The molecular formula is C23H20N4O3. The Bertz CT molecular complexity index is 1120. The maximum Gasteiger partial charge on any atom is 0.255 e. The molecular weight excluding hydrogens is 380 g/mol. The van der Waals surface area contributed by atoms with Crippen LogP contribution in [0.15, 0.2) is 89.7 Å². The van der Waals surface area contributed by atoms with Gasteiger partial charge in [-0.05, 0) is 24.3 Å². The van der Waals surface area contributed by atoms with Gasteiger partial charge in [0.2, 0.25) is 5.91 Å². The number of furan rings is 1. The van der Waals surface area contributed by atoms with Crippen LogP contribution < -0.4 is 10.6 Å². The highest BCUT2D eigenvalue weighted by Gasteiger charge is 2.19. The molecule has 0 fully saturated rings. The Morgan fingerprint density at radius 2 is 1.63 bits per heavy atom. The van der Waals surface area contributed by atoms with Crippen molar-refractivity contribution in [2.24, 2.45) is 0 Å². The SMILES string of the molecule is O=C(CNC(=O)c1cn(-c2ccccc2)nc1-c1ccccc1)NCc1ccco1. The van der Waals surface area contributed by atoms with Crippen LogP contribution in [0, 0.1) is 0 Å². The largest absolute Gasteiger partial charge is 0.467 e. The van der Waals surface area contributed by atoms with Gasteiger partial charge in [0, 0.05) is 11.8 Å². The molecule has 0 saturated heterocycles. The first-order valence-corrected chi connectivity index (χ1v) is 9.48. The van der Waals surface area contributed by atoms with Crippen molar-refractivity contribution in [3.05, 3.63) is 96.6 Å². The lowest BCUT2D eigenvalue weighted by molar-refractivity contribution is -0.120. The standard InChI is InChI=1S/C23H20N4O3/c28-21(24-14-19-12-7-13-30-19)15-25-23(29)20-16-27(18-10-5-2-6-11-18)26-22(20)17-8-3-1-4-9-17/h1-13,16H,14-15H2,(H,24,28)(H,25,29). The van der Waals surface area contributed by atoms with Crippen molar-refractivity contribution < 1.29 is 14.0 Å². The lowest BCUT2D eigenvalue weighted by atomic mass is 10.1. The van der Waals surface area contributed by atoms with Crippen molar-refractivity contribution in [3.63, 3.8) is 0 Å². The molecule has 7 heteroatoms. The van der Waals surface area contributed by atoms with Gasteiger partial charge in [-0.1, -0.05) is 48.5 Å². The number of carbonyl (C=O) groups excluding carboxylic acids is 2. The molecule has 2 N–H and O–H groups in total. The Morgan fingerprint density at radius 3 is 2.33 bits per heavy atom. The van der Waals surface area contributed by atoms with Crippen LogP contribution in [0.2, 0.25) is 0 Å². The molecule has 0 aliphatic rings. The lowest BCUT2D eigenvalue weighted by Crippen LogP contribution is -2.36. The van der Waals surface area contributed by atoms with Crippen LogP contribution in [0.5, 0.6) is 0 Å². The van der Waals surface area contributed by atoms with Crippen molar-refractivity contribution in [1.29, 1.82) is 0 Å². The fourth-order valence-corrected chi connectivity index (χ4v) is 2.98. The molecule has 2 amide bonds. The third-order valence-corrected chi connectivity index (χ3v) is 4.48. The highest BCUT2D eigenvalue weighted by Crippen LogP contribution is 2.23. The zero-order valence-electron chi connectivity index (χ0n) is 16.1. The molecule has 0 bridgehead atoms. The number of rotatable bonds is 7. The summed E-state index contributed by atoms with van der Waals surface area (Å²) in [5.74, 6) is -0.0363. The van der Waals surface area contributed by atoms with E-state index in [0.717, 1.165) is 11.3 Å². The van der Waals surface area contributed by atoms with E-state index in [0.29, 0.717) is 17.0 Å². The molecule has 0 atom stereocenters. The van der Waals surface area contributed by atoms with Crippen molar-refractivity contribution in [2.75, 3.05) is 6.54 Å². The van der Waals surface area contributed by atoms with E-state index in [2.05, 4.69) is 15.7 Å². The average Bonchev–Trinajstić information content (AvgIpc) is 3.47. The minimum absolute atomic E-state index is 0.149. The number of para-hydroxylation sites is 1. The maximum absolute atomic E-state index is 12.9. The minimum Gasteiger partial charge on any atom is -0.467 e.